The first-order chi connectivity index (χ1) is 11.3. The van der Waals surface area contributed by atoms with Gasteiger partial charge in [-0.3, -0.25) is 0 Å². The molecule has 1 heterocycles. The Morgan fingerprint density at radius 1 is 0.500 bits per heavy atom. The SMILES string of the molecule is CC(C)[Si]1(C2CC2)O[Si](C(C)C)(C2CC2)O[Si](C(C)C)(C2CC2)O1. The van der Waals surface area contributed by atoms with E-state index in [4.69, 9.17) is 12.3 Å². The van der Waals surface area contributed by atoms with Gasteiger partial charge in [-0.2, -0.15) is 0 Å². The molecule has 0 aromatic heterocycles. The minimum atomic E-state index is -2.17. The number of hydrogen-bond acceptors (Lipinski definition) is 3. The zero-order chi connectivity index (χ0) is 17.3. The van der Waals surface area contributed by atoms with Crippen molar-refractivity contribution in [2.24, 2.45) is 0 Å². The van der Waals surface area contributed by atoms with Crippen LogP contribution in [0.15, 0.2) is 0 Å². The van der Waals surface area contributed by atoms with E-state index >= 15 is 0 Å². The van der Waals surface area contributed by atoms with E-state index in [0.29, 0.717) is 16.6 Å². The molecule has 1 saturated heterocycles. The average Bonchev–Trinajstić information content (AvgIpc) is 3.42. The number of rotatable bonds is 6. The smallest absolute Gasteiger partial charge is 0.326 e. The largest absolute Gasteiger partial charge is 0.415 e. The van der Waals surface area contributed by atoms with Gasteiger partial charge in [0.25, 0.3) is 0 Å². The molecule has 138 valence electrons. The van der Waals surface area contributed by atoms with E-state index in [-0.39, 0.29) is 0 Å². The molecule has 0 aromatic carbocycles. The average molecular weight is 385 g/mol. The molecule has 4 fully saturated rings. The quantitative estimate of drug-likeness (QED) is 0.518. The van der Waals surface area contributed by atoms with Crippen LogP contribution in [0.3, 0.4) is 0 Å². The van der Waals surface area contributed by atoms with Crippen LogP contribution in [0.1, 0.15) is 80.1 Å². The second kappa shape index (κ2) is 5.76. The molecular formula is C18H36O3Si3. The topological polar surface area (TPSA) is 27.7 Å². The van der Waals surface area contributed by atoms with Crippen molar-refractivity contribution in [2.75, 3.05) is 0 Å². The van der Waals surface area contributed by atoms with Crippen molar-refractivity contribution >= 4 is 25.7 Å². The molecule has 0 radical (unpaired) electrons. The van der Waals surface area contributed by atoms with Gasteiger partial charge in [-0.15, -0.1) is 0 Å². The van der Waals surface area contributed by atoms with Gasteiger partial charge >= 0.3 is 25.7 Å². The lowest BCUT2D eigenvalue weighted by Crippen LogP contribution is -2.73. The zero-order valence-corrected chi connectivity index (χ0v) is 19.4. The summed E-state index contributed by atoms with van der Waals surface area (Å²) < 4.78 is 21.9. The van der Waals surface area contributed by atoms with E-state index in [1.165, 1.54) is 38.5 Å². The summed E-state index contributed by atoms with van der Waals surface area (Å²) in [5.74, 6) is 0. The van der Waals surface area contributed by atoms with Gasteiger partial charge in [-0.25, -0.2) is 0 Å². The molecule has 0 spiro atoms. The second-order valence-electron chi connectivity index (χ2n) is 9.76. The minimum absolute atomic E-state index is 0.558. The molecule has 0 amide bonds. The molecule has 1 aliphatic heterocycles. The molecule has 3 saturated carbocycles. The monoisotopic (exact) mass is 384 g/mol. The predicted octanol–water partition coefficient (Wildman–Crippen LogP) is 6.10. The lowest BCUT2D eigenvalue weighted by atomic mass is 10.6. The Balaban J connectivity index is 1.81. The van der Waals surface area contributed by atoms with Crippen LogP contribution in [0.5, 0.6) is 0 Å². The van der Waals surface area contributed by atoms with E-state index in [9.17, 15) is 0 Å². The summed E-state index contributed by atoms with van der Waals surface area (Å²) in [5.41, 5.74) is 3.91. The highest BCUT2D eigenvalue weighted by molar-refractivity contribution is 6.97. The highest BCUT2D eigenvalue weighted by atomic mass is 28.5. The first kappa shape index (κ1) is 17.9. The van der Waals surface area contributed by atoms with Crippen LogP contribution < -0.4 is 0 Å². The van der Waals surface area contributed by atoms with Crippen molar-refractivity contribution in [1.29, 1.82) is 0 Å². The lowest BCUT2D eigenvalue weighted by Gasteiger charge is -2.58. The summed E-state index contributed by atoms with van der Waals surface area (Å²) >= 11 is 0. The number of hydrogen-bond donors (Lipinski definition) is 0. The zero-order valence-electron chi connectivity index (χ0n) is 16.4. The normalized spacial score (nSPS) is 43.9. The van der Waals surface area contributed by atoms with Gasteiger partial charge in [-0.05, 0) is 55.1 Å². The van der Waals surface area contributed by atoms with Crippen molar-refractivity contribution in [3.05, 3.63) is 0 Å². The lowest BCUT2D eigenvalue weighted by molar-refractivity contribution is 0.186. The molecule has 6 heteroatoms. The van der Waals surface area contributed by atoms with Crippen LogP contribution in [0.4, 0.5) is 0 Å². The Hall–Kier alpha value is 0.531. The summed E-state index contributed by atoms with van der Waals surface area (Å²) in [6.45, 7) is 14.3. The van der Waals surface area contributed by atoms with Crippen molar-refractivity contribution < 1.29 is 12.3 Å². The summed E-state index contributed by atoms with van der Waals surface area (Å²) in [6, 6.07) is 0. The van der Waals surface area contributed by atoms with Crippen LogP contribution >= 0.6 is 0 Å². The van der Waals surface area contributed by atoms with E-state index < -0.39 is 25.7 Å². The molecule has 0 unspecified atom stereocenters. The molecule has 4 rings (SSSR count). The summed E-state index contributed by atoms with van der Waals surface area (Å²) in [6.07, 6.45) is 8.03. The molecule has 0 atom stereocenters. The van der Waals surface area contributed by atoms with E-state index in [2.05, 4.69) is 41.5 Å². The van der Waals surface area contributed by atoms with Crippen molar-refractivity contribution in [1.82, 2.24) is 0 Å². The second-order valence-corrected chi connectivity index (χ2v) is 22.4. The maximum Gasteiger partial charge on any atom is 0.326 e. The summed E-state index contributed by atoms with van der Waals surface area (Å²) in [7, 11) is -6.51. The van der Waals surface area contributed by atoms with E-state index in [0.717, 1.165) is 16.6 Å². The summed E-state index contributed by atoms with van der Waals surface area (Å²) in [4.78, 5) is 0. The van der Waals surface area contributed by atoms with Crippen LogP contribution in [0.2, 0.25) is 33.2 Å². The fraction of sp³-hybridized carbons (Fsp3) is 1.00. The Kier molecular flexibility index (Phi) is 4.30. The molecule has 0 aromatic rings. The van der Waals surface area contributed by atoms with Crippen LogP contribution in [-0.4, -0.2) is 25.7 Å². The van der Waals surface area contributed by atoms with Gasteiger partial charge in [0.15, 0.2) is 0 Å². The highest BCUT2D eigenvalue weighted by Gasteiger charge is 2.74. The summed E-state index contributed by atoms with van der Waals surface area (Å²) in [5, 5.41) is 0. The third kappa shape index (κ3) is 2.59. The van der Waals surface area contributed by atoms with Gasteiger partial charge in [0, 0.05) is 16.6 Å². The third-order valence-electron chi connectivity index (χ3n) is 6.81. The van der Waals surface area contributed by atoms with Crippen LogP contribution in [-0.2, 0) is 12.3 Å². The van der Waals surface area contributed by atoms with Crippen molar-refractivity contribution in [2.45, 2.75) is 113 Å². The van der Waals surface area contributed by atoms with E-state index in [1.54, 1.807) is 0 Å². The third-order valence-corrected chi connectivity index (χ3v) is 24.4. The molecule has 0 N–H and O–H groups in total. The first-order valence-electron chi connectivity index (χ1n) is 10.4. The highest BCUT2D eigenvalue weighted by Crippen LogP contribution is 2.65. The Labute approximate surface area is 151 Å². The molecule has 3 nitrogen and oxygen atoms in total. The van der Waals surface area contributed by atoms with Gasteiger partial charge in [0.2, 0.25) is 0 Å². The maximum atomic E-state index is 7.28. The fourth-order valence-electron chi connectivity index (χ4n) is 4.89. The van der Waals surface area contributed by atoms with Gasteiger partial charge in [0.05, 0.1) is 0 Å². The van der Waals surface area contributed by atoms with Crippen molar-refractivity contribution in [3.8, 4) is 0 Å². The van der Waals surface area contributed by atoms with Gasteiger partial charge in [0.1, 0.15) is 0 Å². The Morgan fingerprint density at radius 3 is 0.833 bits per heavy atom. The Bertz CT molecular complexity index is 406. The van der Waals surface area contributed by atoms with Crippen molar-refractivity contribution in [3.63, 3.8) is 0 Å². The van der Waals surface area contributed by atoms with Crippen LogP contribution in [0.25, 0.3) is 0 Å². The molecule has 0 bridgehead atoms. The Morgan fingerprint density at radius 2 is 0.708 bits per heavy atom. The predicted molar refractivity (Wildman–Crippen MR) is 105 cm³/mol. The van der Waals surface area contributed by atoms with Gasteiger partial charge in [-0.1, -0.05) is 41.5 Å². The van der Waals surface area contributed by atoms with Gasteiger partial charge < -0.3 is 12.3 Å². The van der Waals surface area contributed by atoms with Crippen LogP contribution in [0, 0.1) is 0 Å². The maximum absolute atomic E-state index is 7.28. The molecule has 24 heavy (non-hydrogen) atoms. The minimum Gasteiger partial charge on any atom is -0.415 e. The standard InChI is InChI=1S/C18H36O3Si3/c1-13(2)22(16-7-8-16)19-23(14(3)4,17-9-10-17)21-24(20-22,15(5)6)18-11-12-18/h13-18H,7-12H2,1-6H3. The molecule has 4 aliphatic rings. The van der Waals surface area contributed by atoms with E-state index in [1.807, 2.05) is 0 Å². The first-order valence-corrected chi connectivity index (χ1v) is 16.3. The molecular weight excluding hydrogens is 348 g/mol. The fourth-order valence-corrected chi connectivity index (χ4v) is 27.9. The molecule has 3 aliphatic carbocycles.